The van der Waals surface area contributed by atoms with Gasteiger partial charge in [-0.1, -0.05) is 48.5 Å². The van der Waals surface area contributed by atoms with Crippen molar-refractivity contribution >= 4 is 16.8 Å². The molecule has 0 amide bonds. The maximum absolute atomic E-state index is 13.7. The zero-order valence-corrected chi connectivity index (χ0v) is 12.6. The fourth-order valence-electron chi connectivity index (χ4n) is 2.98. The molecule has 0 aliphatic heterocycles. The first kappa shape index (κ1) is 15.3. The molecule has 0 bridgehead atoms. The van der Waals surface area contributed by atoms with Crippen LogP contribution in [0.25, 0.3) is 22.2 Å². The Morgan fingerprint density at radius 3 is 2.22 bits per heavy atom. The molecule has 0 saturated heterocycles. The van der Waals surface area contributed by atoms with Crippen LogP contribution in [-0.2, 0) is 6.18 Å². The Morgan fingerprint density at radius 2 is 1.65 bits per heavy atom. The molecule has 0 atom stereocenters. The molecule has 2 nitrogen and oxygen atoms in total. The van der Waals surface area contributed by atoms with Gasteiger partial charge in [0.2, 0.25) is 5.91 Å². The van der Waals surface area contributed by atoms with Crippen molar-refractivity contribution in [1.82, 2.24) is 4.57 Å². The van der Waals surface area contributed by atoms with E-state index >= 15 is 0 Å². The van der Waals surface area contributed by atoms with Gasteiger partial charge in [0.25, 0.3) is 0 Å². The molecule has 23 heavy (non-hydrogen) atoms. The summed E-state index contributed by atoms with van der Waals surface area (Å²) >= 11 is 0. The summed E-state index contributed by atoms with van der Waals surface area (Å²) in [7, 11) is 0. The highest BCUT2D eigenvalue weighted by molar-refractivity contribution is 6.02. The van der Waals surface area contributed by atoms with Gasteiger partial charge in [0.15, 0.2) is 0 Å². The van der Waals surface area contributed by atoms with Crippen molar-refractivity contribution in [2.45, 2.75) is 20.0 Å². The zero-order chi connectivity index (χ0) is 16.8. The van der Waals surface area contributed by atoms with E-state index in [0.29, 0.717) is 16.6 Å². The van der Waals surface area contributed by atoms with Gasteiger partial charge in [0.05, 0.1) is 16.8 Å². The minimum absolute atomic E-state index is 0.0477. The van der Waals surface area contributed by atoms with E-state index in [2.05, 4.69) is 0 Å². The minimum atomic E-state index is -4.56. The lowest BCUT2D eigenvalue weighted by molar-refractivity contribution is -0.135. The summed E-state index contributed by atoms with van der Waals surface area (Å²) in [4.78, 5) is 12.1. The fraction of sp³-hybridized carbons (Fsp3) is 0.167. The number of carbonyl (C=O) groups excluding carboxylic acids is 1. The van der Waals surface area contributed by atoms with E-state index in [1.165, 1.54) is 17.6 Å². The number of aryl methyl sites for hydroxylation is 1. The number of hydrogen-bond acceptors (Lipinski definition) is 1. The van der Waals surface area contributed by atoms with Crippen molar-refractivity contribution in [3.63, 3.8) is 0 Å². The van der Waals surface area contributed by atoms with Crippen molar-refractivity contribution in [2.75, 3.05) is 0 Å². The van der Waals surface area contributed by atoms with Crippen LogP contribution in [-0.4, -0.2) is 10.5 Å². The molecule has 0 aliphatic carbocycles. The highest BCUT2D eigenvalue weighted by Crippen LogP contribution is 2.44. The van der Waals surface area contributed by atoms with Crippen LogP contribution >= 0.6 is 0 Å². The molecule has 0 saturated carbocycles. The number of nitrogens with zero attached hydrogens (tertiary/aromatic N) is 1. The summed E-state index contributed by atoms with van der Waals surface area (Å²) < 4.78 is 42.4. The number of halogens is 3. The van der Waals surface area contributed by atoms with Crippen molar-refractivity contribution < 1.29 is 18.0 Å². The van der Waals surface area contributed by atoms with Crippen LogP contribution < -0.4 is 0 Å². The standard InChI is InChI=1S/C18H14F3NO/c1-11-7-6-10-14-15(18(19,20)21)17(13-8-4-3-5-9-13)22(12(2)23)16(11)14/h3-10H,1-2H3. The van der Waals surface area contributed by atoms with Gasteiger partial charge in [-0.25, -0.2) is 0 Å². The summed E-state index contributed by atoms with van der Waals surface area (Å²) in [6.45, 7) is 2.98. The van der Waals surface area contributed by atoms with E-state index in [9.17, 15) is 18.0 Å². The third kappa shape index (κ3) is 2.42. The van der Waals surface area contributed by atoms with Crippen LogP contribution in [0.2, 0.25) is 0 Å². The third-order valence-electron chi connectivity index (χ3n) is 3.84. The molecule has 118 valence electrons. The van der Waals surface area contributed by atoms with Gasteiger partial charge in [-0.05, 0) is 18.1 Å². The Labute approximate surface area is 131 Å². The molecule has 0 aliphatic rings. The van der Waals surface area contributed by atoms with Crippen LogP contribution in [0.4, 0.5) is 13.2 Å². The number of para-hydroxylation sites is 1. The average Bonchev–Trinajstić information content (AvgIpc) is 2.85. The van der Waals surface area contributed by atoms with Crippen LogP contribution in [0.3, 0.4) is 0 Å². The molecule has 0 fully saturated rings. The Kier molecular flexibility index (Phi) is 3.51. The number of hydrogen-bond donors (Lipinski definition) is 0. The normalized spacial score (nSPS) is 11.9. The van der Waals surface area contributed by atoms with Crippen molar-refractivity contribution in [3.05, 3.63) is 59.7 Å². The molecule has 1 heterocycles. The fourth-order valence-corrected chi connectivity index (χ4v) is 2.98. The molecule has 2 aromatic carbocycles. The van der Waals surface area contributed by atoms with E-state index in [1.54, 1.807) is 49.4 Å². The second kappa shape index (κ2) is 5.26. The molecular weight excluding hydrogens is 303 g/mol. The summed E-state index contributed by atoms with van der Waals surface area (Å²) in [5, 5.41) is 0.0477. The lowest BCUT2D eigenvalue weighted by atomic mass is 10.0. The van der Waals surface area contributed by atoms with Gasteiger partial charge in [0, 0.05) is 12.3 Å². The van der Waals surface area contributed by atoms with Crippen molar-refractivity contribution in [1.29, 1.82) is 0 Å². The van der Waals surface area contributed by atoms with Gasteiger partial charge in [-0.15, -0.1) is 0 Å². The molecule has 0 spiro atoms. The first-order valence-electron chi connectivity index (χ1n) is 7.10. The molecule has 0 unspecified atom stereocenters. The third-order valence-corrected chi connectivity index (χ3v) is 3.84. The van der Waals surface area contributed by atoms with Crippen LogP contribution in [0.15, 0.2) is 48.5 Å². The van der Waals surface area contributed by atoms with Gasteiger partial charge >= 0.3 is 6.18 Å². The van der Waals surface area contributed by atoms with E-state index in [0.717, 1.165) is 0 Å². The summed E-state index contributed by atoms with van der Waals surface area (Å²) in [6.07, 6.45) is -4.56. The van der Waals surface area contributed by atoms with Crippen LogP contribution in [0.5, 0.6) is 0 Å². The second-order valence-corrected chi connectivity index (χ2v) is 5.41. The molecule has 3 aromatic rings. The topological polar surface area (TPSA) is 22.0 Å². The molecule has 1 aromatic heterocycles. The summed E-state index contributed by atoms with van der Waals surface area (Å²) in [5.41, 5.74) is 0.440. The zero-order valence-electron chi connectivity index (χ0n) is 12.6. The monoisotopic (exact) mass is 317 g/mol. The molecule has 3 rings (SSSR count). The van der Waals surface area contributed by atoms with E-state index in [-0.39, 0.29) is 11.1 Å². The number of alkyl halides is 3. The molecule has 0 N–H and O–H groups in total. The molecule has 5 heteroatoms. The Morgan fingerprint density at radius 1 is 1.00 bits per heavy atom. The second-order valence-electron chi connectivity index (χ2n) is 5.41. The van der Waals surface area contributed by atoms with Gasteiger partial charge in [0.1, 0.15) is 0 Å². The predicted octanol–water partition coefficient (Wildman–Crippen LogP) is 5.30. The number of rotatable bonds is 1. The average molecular weight is 317 g/mol. The first-order valence-corrected chi connectivity index (χ1v) is 7.10. The first-order chi connectivity index (χ1) is 10.8. The van der Waals surface area contributed by atoms with Gasteiger partial charge < -0.3 is 0 Å². The largest absolute Gasteiger partial charge is 0.419 e. The van der Waals surface area contributed by atoms with Gasteiger partial charge in [-0.2, -0.15) is 13.2 Å². The Hall–Kier alpha value is -2.56. The minimum Gasteiger partial charge on any atom is -0.279 e. The highest BCUT2D eigenvalue weighted by Gasteiger charge is 2.39. The van der Waals surface area contributed by atoms with Gasteiger partial charge in [-0.3, -0.25) is 9.36 Å². The van der Waals surface area contributed by atoms with E-state index in [1.807, 2.05) is 0 Å². The summed E-state index contributed by atoms with van der Waals surface area (Å²) in [6, 6.07) is 12.9. The Bertz CT molecular complexity index is 892. The molecule has 0 radical (unpaired) electrons. The van der Waals surface area contributed by atoms with E-state index < -0.39 is 17.6 Å². The predicted molar refractivity (Wildman–Crippen MR) is 83.4 cm³/mol. The highest BCUT2D eigenvalue weighted by atomic mass is 19.4. The van der Waals surface area contributed by atoms with Crippen molar-refractivity contribution in [3.8, 4) is 11.3 Å². The van der Waals surface area contributed by atoms with Crippen LogP contribution in [0, 0.1) is 6.92 Å². The van der Waals surface area contributed by atoms with Crippen LogP contribution in [0.1, 0.15) is 22.8 Å². The Balaban J connectivity index is 2.58. The van der Waals surface area contributed by atoms with E-state index in [4.69, 9.17) is 0 Å². The number of fused-ring (bicyclic) bond motifs is 1. The number of aromatic nitrogens is 1. The lowest BCUT2D eigenvalue weighted by Gasteiger charge is -2.12. The summed E-state index contributed by atoms with van der Waals surface area (Å²) in [5.74, 6) is -0.446. The van der Waals surface area contributed by atoms with Crippen molar-refractivity contribution in [2.24, 2.45) is 0 Å². The SMILES string of the molecule is CC(=O)n1c(-c2ccccc2)c(C(F)(F)F)c2cccc(C)c21. The smallest absolute Gasteiger partial charge is 0.279 e. The number of carbonyl (C=O) groups is 1. The maximum Gasteiger partial charge on any atom is 0.419 e. The number of benzene rings is 2. The quantitative estimate of drug-likeness (QED) is 0.597. The lowest BCUT2D eigenvalue weighted by Crippen LogP contribution is -2.11. The molecular formula is C18H14F3NO. The maximum atomic E-state index is 13.7.